The van der Waals surface area contributed by atoms with Gasteiger partial charge in [-0.05, 0) is 19.1 Å². The average Bonchev–Trinajstić information content (AvgIpc) is 2.37. The number of carbonyl (C=O) groups is 1. The fourth-order valence-corrected chi connectivity index (χ4v) is 1.88. The Hall–Kier alpha value is -1.61. The minimum Gasteiger partial charge on any atom is -0.325 e. The number of amides is 1. The molecule has 1 unspecified atom stereocenters. The molecule has 0 radical (unpaired) electrons. The normalized spacial score (nSPS) is 12.4. The Kier molecular flexibility index (Phi) is 3.82. The number of hydrogen-bond donors (Lipinski definition) is 1. The van der Waals surface area contributed by atoms with Crippen LogP contribution in [0, 0.1) is 12.8 Å². The highest BCUT2D eigenvalue weighted by Crippen LogP contribution is 2.23. The molecule has 0 aliphatic heterocycles. The van der Waals surface area contributed by atoms with Gasteiger partial charge in [-0.3, -0.25) is 9.78 Å². The highest BCUT2D eigenvalue weighted by molar-refractivity contribution is 6.19. The zero-order valence-corrected chi connectivity index (χ0v) is 11.2. The largest absolute Gasteiger partial charge is 0.325 e. The van der Waals surface area contributed by atoms with Crippen LogP contribution in [0.5, 0.6) is 0 Å². The number of alkyl halides is 1. The van der Waals surface area contributed by atoms with Crippen LogP contribution in [0.25, 0.3) is 10.9 Å². The molecule has 0 saturated heterocycles. The first kappa shape index (κ1) is 12.8. The monoisotopic (exact) mass is 262 g/mol. The molecule has 94 valence electrons. The van der Waals surface area contributed by atoms with Crippen molar-refractivity contribution >= 4 is 34.1 Å². The lowest BCUT2D eigenvalue weighted by atomic mass is 10.1. The highest BCUT2D eigenvalue weighted by atomic mass is 35.5. The third-order valence-corrected chi connectivity index (χ3v) is 3.24. The predicted octanol–water partition coefficient (Wildman–Crippen LogP) is 3.36. The van der Waals surface area contributed by atoms with Crippen molar-refractivity contribution in [2.75, 3.05) is 11.2 Å². The van der Waals surface area contributed by atoms with E-state index in [2.05, 4.69) is 10.3 Å². The Balaban J connectivity index is 2.41. The summed E-state index contributed by atoms with van der Waals surface area (Å²) in [6.45, 7) is 3.71. The maximum absolute atomic E-state index is 11.9. The zero-order chi connectivity index (χ0) is 13.1. The second-order valence-corrected chi connectivity index (χ2v) is 4.68. The SMILES string of the molecule is Cc1cc(NC(=O)C(C)CCl)c2ccccc2n1. The molecule has 4 heteroatoms. The number of fused-ring (bicyclic) bond motifs is 1. The van der Waals surface area contributed by atoms with E-state index in [0.717, 1.165) is 22.3 Å². The van der Waals surface area contributed by atoms with Crippen molar-refractivity contribution in [3.8, 4) is 0 Å². The molecule has 0 aliphatic rings. The van der Waals surface area contributed by atoms with Crippen molar-refractivity contribution in [3.05, 3.63) is 36.0 Å². The zero-order valence-electron chi connectivity index (χ0n) is 10.4. The first-order chi connectivity index (χ1) is 8.61. The Bertz CT molecular complexity index is 583. The van der Waals surface area contributed by atoms with E-state index in [-0.39, 0.29) is 11.8 Å². The summed E-state index contributed by atoms with van der Waals surface area (Å²) < 4.78 is 0. The number of halogens is 1. The molecule has 2 rings (SSSR count). The summed E-state index contributed by atoms with van der Waals surface area (Å²) in [5.41, 5.74) is 2.55. The summed E-state index contributed by atoms with van der Waals surface area (Å²) in [5, 5.41) is 3.86. The first-order valence-corrected chi connectivity index (χ1v) is 6.38. The van der Waals surface area contributed by atoms with Crippen LogP contribution in [0.3, 0.4) is 0 Å². The molecule has 2 aromatic rings. The van der Waals surface area contributed by atoms with Gasteiger partial charge in [0.25, 0.3) is 0 Å². The van der Waals surface area contributed by atoms with Gasteiger partial charge in [-0.2, -0.15) is 0 Å². The van der Waals surface area contributed by atoms with E-state index >= 15 is 0 Å². The van der Waals surface area contributed by atoms with Gasteiger partial charge in [0.1, 0.15) is 0 Å². The number of anilines is 1. The Morgan fingerprint density at radius 1 is 1.44 bits per heavy atom. The van der Waals surface area contributed by atoms with Crippen molar-refractivity contribution in [1.82, 2.24) is 4.98 Å². The maximum atomic E-state index is 11.9. The third kappa shape index (κ3) is 2.62. The van der Waals surface area contributed by atoms with Crippen LogP contribution in [-0.2, 0) is 4.79 Å². The number of hydrogen-bond acceptors (Lipinski definition) is 2. The van der Waals surface area contributed by atoms with E-state index in [1.807, 2.05) is 37.3 Å². The second-order valence-electron chi connectivity index (χ2n) is 4.37. The van der Waals surface area contributed by atoms with Crippen molar-refractivity contribution in [1.29, 1.82) is 0 Å². The molecule has 1 atom stereocenters. The average molecular weight is 263 g/mol. The van der Waals surface area contributed by atoms with Gasteiger partial charge < -0.3 is 5.32 Å². The standard InChI is InChI=1S/C14H15ClN2O/c1-9(8-15)14(18)17-13-7-10(2)16-12-6-4-3-5-11(12)13/h3-7,9H,8H2,1-2H3,(H,16,17,18). The minimum absolute atomic E-state index is 0.0687. The van der Waals surface area contributed by atoms with Crippen molar-refractivity contribution in [2.45, 2.75) is 13.8 Å². The van der Waals surface area contributed by atoms with Gasteiger partial charge in [-0.25, -0.2) is 0 Å². The van der Waals surface area contributed by atoms with E-state index < -0.39 is 0 Å². The van der Waals surface area contributed by atoms with Crippen molar-refractivity contribution in [2.24, 2.45) is 5.92 Å². The lowest BCUT2D eigenvalue weighted by molar-refractivity contribution is -0.118. The number of aromatic nitrogens is 1. The van der Waals surface area contributed by atoms with Gasteiger partial charge in [-0.1, -0.05) is 25.1 Å². The van der Waals surface area contributed by atoms with Gasteiger partial charge in [0.05, 0.1) is 11.2 Å². The molecule has 1 aromatic carbocycles. The number of carbonyl (C=O) groups excluding carboxylic acids is 1. The lowest BCUT2D eigenvalue weighted by Gasteiger charge is -2.12. The van der Waals surface area contributed by atoms with Gasteiger partial charge in [0, 0.05) is 22.9 Å². The van der Waals surface area contributed by atoms with Crippen LogP contribution < -0.4 is 5.32 Å². The van der Waals surface area contributed by atoms with Crippen molar-refractivity contribution in [3.63, 3.8) is 0 Å². The highest BCUT2D eigenvalue weighted by Gasteiger charge is 2.13. The lowest BCUT2D eigenvalue weighted by Crippen LogP contribution is -2.21. The number of rotatable bonds is 3. The minimum atomic E-state index is -0.209. The number of pyridine rings is 1. The van der Waals surface area contributed by atoms with Crippen LogP contribution in [-0.4, -0.2) is 16.8 Å². The molecule has 1 aromatic heterocycles. The molecule has 18 heavy (non-hydrogen) atoms. The smallest absolute Gasteiger partial charge is 0.228 e. The molecule has 0 spiro atoms. The van der Waals surface area contributed by atoms with Crippen LogP contribution in [0.1, 0.15) is 12.6 Å². The van der Waals surface area contributed by atoms with E-state index in [0.29, 0.717) is 5.88 Å². The summed E-state index contributed by atoms with van der Waals surface area (Å²) in [7, 11) is 0. The van der Waals surface area contributed by atoms with E-state index in [1.165, 1.54) is 0 Å². The molecule has 0 bridgehead atoms. The maximum Gasteiger partial charge on any atom is 0.228 e. The third-order valence-electron chi connectivity index (χ3n) is 2.78. The molecule has 1 heterocycles. The molecule has 1 N–H and O–H groups in total. The molecule has 3 nitrogen and oxygen atoms in total. The van der Waals surface area contributed by atoms with Crippen LogP contribution in [0.2, 0.25) is 0 Å². The van der Waals surface area contributed by atoms with E-state index in [9.17, 15) is 4.79 Å². The number of nitrogens with zero attached hydrogens (tertiary/aromatic N) is 1. The predicted molar refractivity (Wildman–Crippen MR) is 75.0 cm³/mol. The van der Waals surface area contributed by atoms with Gasteiger partial charge in [-0.15, -0.1) is 11.6 Å². The van der Waals surface area contributed by atoms with Crippen LogP contribution >= 0.6 is 11.6 Å². The van der Waals surface area contributed by atoms with E-state index in [1.54, 1.807) is 6.92 Å². The van der Waals surface area contributed by atoms with Gasteiger partial charge >= 0.3 is 0 Å². The molecule has 0 aliphatic carbocycles. The number of aryl methyl sites for hydroxylation is 1. The second kappa shape index (κ2) is 5.36. The van der Waals surface area contributed by atoms with Crippen LogP contribution in [0.4, 0.5) is 5.69 Å². The van der Waals surface area contributed by atoms with Crippen LogP contribution in [0.15, 0.2) is 30.3 Å². The Labute approximate surface area is 111 Å². The van der Waals surface area contributed by atoms with Gasteiger partial charge in [0.15, 0.2) is 0 Å². The van der Waals surface area contributed by atoms with E-state index in [4.69, 9.17) is 11.6 Å². The summed E-state index contributed by atoms with van der Waals surface area (Å²) in [5.74, 6) is 0.0352. The quantitative estimate of drug-likeness (QED) is 0.862. The molecule has 0 saturated carbocycles. The fourth-order valence-electron chi connectivity index (χ4n) is 1.74. The summed E-state index contributed by atoms with van der Waals surface area (Å²) >= 11 is 5.69. The number of nitrogens with one attached hydrogen (secondary N) is 1. The topological polar surface area (TPSA) is 42.0 Å². The Morgan fingerprint density at radius 2 is 2.17 bits per heavy atom. The Morgan fingerprint density at radius 3 is 2.89 bits per heavy atom. The number of benzene rings is 1. The first-order valence-electron chi connectivity index (χ1n) is 5.85. The number of para-hydroxylation sites is 1. The molecular formula is C14H15ClN2O. The molecular weight excluding hydrogens is 248 g/mol. The summed E-state index contributed by atoms with van der Waals surface area (Å²) in [4.78, 5) is 16.3. The summed E-state index contributed by atoms with van der Waals surface area (Å²) in [6, 6.07) is 9.62. The molecule has 1 amide bonds. The van der Waals surface area contributed by atoms with Gasteiger partial charge in [0.2, 0.25) is 5.91 Å². The molecule has 0 fully saturated rings. The fraction of sp³-hybridized carbons (Fsp3) is 0.286. The van der Waals surface area contributed by atoms with Crippen molar-refractivity contribution < 1.29 is 4.79 Å². The summed E-state index contributed by atoms with van der Waals surface area (Å²) in [6.07, 6.45) is 0.